The Balaban J connectivity index is 2.69. The molecule has 0 bridgehead atoms. The van der Waals surface area contributed by atoms with E-state index in [2.05, 4.69) is 15.9 Å². The summed E-state index contributed by atoms with van der Waals surface area (Å²) in [5.41, 5.74) is 5.61. The zero-order valence-electron chi connectivity index (χ0n) is 10.3. The number of alkyl halides is 1. The standard InChI is InChI=1S/C12H23BrN2O/c1-12(2,13)11(16)15(9-8-14)10-6-4-3-5-7-10/h10H,3-9,14H2,1-2H3. The van der Waals surface area contributed by atoms with Crippen molar-refractivity contribution in [1.29, 1.82) is 0 Å². The molecular weight excluding hydrogens is 268 g/mol. The molecule has 0 unspecified atom stereocenters. The quantitative estimate of drug-likeness (QED) is 0.808. The number of carbonyl (C=O) groups excluding carboxylic acids is 1. The lowest BCUT2D eigenvalue weighted by molar-refractivity contribution is -0.135. The van der Waals surface area contributed by atoms with Gasteiger partial charge in [-0.05, 0) is 26.7 Å². The van der Waals surface area contributed by atoms with Crippen LogP contribution in [-0.4, -0.2) is 34.3 Å². The third-order valence-corrected chi connectivity index (χ3v) is 3.49. The number of hydrogen-bond donors (Lipinski definition) is 1. The molecular formula is C12H23BrN2O. The molecule has 3 nitrogen and oxygen atoms in total. The van der Waals surface area contributed by atoms with Crippen molar-refractivity contribution in [2.75, 3.05) is 13.1 Å². The van der Waals surface area contributed by atoms with Crippen molar-refractivity contribution in [3.05, 3.63) is 0 Å². The van der Waals surface area contributed by atoms with Crippen LogP contribution in [0.4, 0.5) is 0 Å². The lowest BCUT2D eigenvalue weighted by Crippen LogP contribution is -2.50. The van der Waals surface area contributed by atoms with Gasteiger partial charge < -0.3 is 10.6 Å². The van der Waals surface area contributed by atoms with E-state index in [1.165, 1.54) is 19.3 Å². The van der Waals surface area contributed by atoms with Gasteiger partial charge in [-0.2, -0.15) is 0 Å². The summed E-state index contributed by atoms with van der Waals surface area (Å²) < 4.78 is -0.473. The zero-order valence-corrected chi connectivity index (χ0v) is 11.9. The van der Waals surface area contributed by atoms with Crippen molar-refractivity contribution < 1.29 is 4.79 Å². The highest BCUT2D eigenvalue weighted by Crippen LogP contribution is 2.27. The molecule has 4 heteroatoms. The minimum atomic E-state index is -0.473. The molecule has 0 heterocycles. The highest BCUT2D eigenvalue weighted by molar-refractivity contribution is 9.10. The van der Waals surface area contributed by atoms with Crippen molar-refractivity contribution in [3.63, 3.8) is 0 Å². The maximum atomic E-state index is 12.3. The van der Waals surface area contributed by atoms with E-state index < -0.39 is 4.32 Å². The lowest BCUT2D eigenvalue weighted by Gasteiger charge is -2.37. The Kier molecular flexibility index (Phi) is 5.25. The first-order chi connectivity index (χ1) is 7.46. The number of nitrogens with zero attached hydrogens (tertiary/aromatic N) is 1. The first-order valence-corrected chi connectivity index (χ1v) is 6.96. The van der Waals surface area contributed by atoms with Gasteiger partial charge in [0.05, 0.1) is 4.32 Å². The average Bonchev–Trinajstić information content (AvgIpc) is 2.25. The summed E-state index contributed by atoms with van der Waals surface area (Å²) in [7, 11) is 0. The van der Waals surface area contributed by atoms with Crippen LogP contribution in [-0.2, 0) is 4.79 Å². The van der Waals surface area contributed by atoms with Gasteiger partial charge in [-0.15, -0.1) is 0 Å². The zero-order chi connectivity index (χ0) is 12.2. The van der Waals surface area contributed by atoms with Crippen LogP contribution in [0.25, 0.3) is 0 Å². The number of hydrogen-bond acceptors (Lipinski definition) is 2. The Morgan fingerprint density at radius 3 is 2.38 bits per heavy atom. The SMILES string of the molecule is CC(C)(Br)C(=O)N(CCN)C1CCCCC1. The molecule has 94 valence electrons. The summed E-state index contributed by atoms with van der Waals surface area (Å²) in [5.74, 6) is 0.171. The molecule has 0 spiro atoms. The average molecular weight is 291 g/mol. The second kappa shape index (κ2) is 6.01. The van der Waals surface area contributed by atoms with Crippen LogP contribution in [0.2, 0.25) is 0 Å². The molecule has 16 heavy (non-hydrogen) atoms. The van der Waals surface area contributed by atoms with Crippen molar-refractivity contribution in [2.45, 2.75) is 56.3 Å². The van der Waals surface area contributed by atoms with Gasteiger partial charge in [0, 0.05) is 19.1 Å². The first kappa shape index (κ1) is 14.0. The van der Waals surface area contributed by atoms with Gasteiger partial charge in [0.2, 0.25) is 5.91 Å². The predicted octanol–water partition coefficient (Wildman–Crippen LogP) is 2.28. The number of rotatable bonds is 4. The first-order valence-electron chi connectivity index (χ1n) is 6.17. The summed E-state index contributed by atoms with van der Waals surface area (Å²) >= 11 is 3.45. The molecule has 1 aliphatic rings. The van der Waals surface area contributed by atoms with E-state index in [0.717, 1.165) is 12.8 Å². The Morgan fingerprint density at radius 2 is 1.94 bits per heavy atom. The van der Waals surface area contributed by atoms with Crippen molar-refractivity contribution in [2.24, 2.45) is 5.73 Å². The molecule has 1 amide bonds. The highest BCUT2D eigenvalue weighted by atomic mass is 79.9. The van der Waals surface area contributed by atoms with Gasteiger partial charge in [0.25, 0.3) is 0 Å². The summed E-state index contributed by atoms with van der Waals surface area (Å²) in [4.78, 5) is 14.3. The van der Waals surface area contributed by atoms with Crippen LogP contribution >= 0.6 is 15.9 Å². The number of amides is 1. The Morgan fingerprint density at radius 1 is 1.38 bits per heavy atom. The van der Waals surface area contributed by atoms with Gasteiger partial charge in [-0.3, -0.25) is 4.79 Å². The number of halogens is 1. The summed E-state index contributed by atoms with van der Waals surface area (Å²) in [5, 5.41) is 0. The molecule has 2 N–H and O–H groups in total. The minimum absolute atomic E-state index is 0.171. The van der Waals surface area contributed by atoms with Crippen LogP contribution < -0.4 is 5.73 Å². The van der Waals surface area contributed by atoms with E-state index in [0.29, 0.717) is 19.1 Å². The van der Waals surface area contributed by atoms with Crippen LogP contribution in [0.15, 0.2) is 0 Å². The van der Waals surface area contributed by atoms with Crippen LogP contribution in [0, 0.1) is 0 Å². The second-order valence-corrected chi connectivity index (χ2v) is 7.03. The fourth-order valence-corrected chi connectivity index (χ4v) is 2.55. The molecule has 0 aliphatic heterocycles. The van der Waals surface area contributed by atoms with Crippen LogP contribution in [0.5, 0.6) is 0 Å². The Labute approximate surface area is 107 Å². The maximum absolute atomic E-state index is 12.3. The highest BCUT2D eigenvalue weighted by Gasteiger charge is 2.33. The van der Waals surface area contributed by atoms with Gasteiger partial charge in [0.1, 0.15) is 0 Å². The van der Waals surface area contributed by atoms with E-state index in [4.69, 9.17) is 5.73 Å². The van der Waals surface area contributed by atoms with E-state index in [9.17, 15) is 4.79 Å². The smallest absolute Gasteiger partial charge is 0.239 e. The van der Waals surface area contributed by atoms with E-state index in [1.54, 1.807) is 0 Å². The molecule has 1 saturated carbocycles. The van der Waals surface area contributed by atoms with E-state index in [1.807, 2.05) is 18.7 Å². The molecule has 0 atom stereocenters. The monoisotopic (exact) mass is 290 g/mol. The third kappa shape index (κ3) is 3.74. The van der Waals surface area contributed by atoms with Crippen molar-refractivity contribution in [1.82, 2.24) is 4.90 Å². The van der Waals surface area contributed by atoms with Gasteiger partial charge in [-0.1, -0.05) is 35.2 Å². The van der Waals surface area contributed by atoms with Crippen molar-refractivity contribution in [3.8, 4) is 0 Å². The Hall–Kier alpha value is -0.0900. The fourth-order valence-electron chi connectivity index (χ4n) is 2.32. The largest absolute Gasteiger partial charge is 0.337 e. The summed E-state index contributed by atoms with van der Waals surface area (Å²) in [6, 6.07) is 0.404. The summed E-state index contributed by atoms with van der Waals surface area (Å²) in [6.45, 7) is 5.03. The molecule has 0 aromatic heterocycles. The van der Waals surface area contributed by atoms with Crippen LogP contribution in [0.3, 0.4) is 0 Å². The van der Waals surface area contributed by atoms with Crippen LogP contribution in [0.1, 0.15) is 46.0 Å². The van der Waals surface area contributed by atoms with E-state index in [-0.39, 0.29) is 5.91 Å². The topological polar surface area (TPSA) is 46.3 Å². The predicted molar refractivity (Wildman–Crippen MR) is 70.6 cm³/mol. The Bertz CT molecular complexity index is 232. The third-order valence-electron chi connectivity index (χ3n) is 3.15. The number of carbonyl (C=O) groups is 1. The molecule has 0 saturated heterocycles. The second-order valence-electron chi connectivity index (χ2n) is 5.05. The maximum Gasteiger partial charge on any atom is 0.239 e. The lowest BCUT2D eigenvalue weighted by atomic mass is 9.93. The molecule has 0 aromatic carbocycles. The normalized spacial score (nSPS) is 18.5. The van der Waals surface area contributed by atoms with Gasteiger partial charge >= 0.3 is 0 Å². The fraction of sp³-hybridized carbons (Fsp3) is 0.917. The van der Waals surface area contributed by atoms with E-state index >= 15 is 0 Å². The molecule has 0 aromatic rings. The summed E-state index contributed by atoms with van der Waals surface area (Å²) in [6.07, 6.45) is 6.05. The molecule has 1 fully saturated rings. The minimum Gasteiger partial charge on any atom is -0.337 e. The van der Waals surface area contributed by atoms with Gasteiger partial charge in [0.15, 0.2) is 0 Å². The molecule has 1 aliphatic carbocycles. The van der Waals surface area contributed by atoms with Crippen molar-refractivity contribution >= 4 is 21.8 Å². The number of nitrogens with two attached hydrogens (primary N) is 1. The molecule has 0 radical (unpaired) electrons. The van der Waals surface area contributed by atoms with Gasteiger partial charge in [-0.25, -0.2) is 0 Å². The molecule has 1 rings (SSSR count).